The minimum absolute atomic E-state index is 0.0626. The van der Waals surface area contributed by atoms with Crippen molar-refractivity contribution in [1.82, 2.24) is 0 Å². The molecule has 0 unspecified atom stereocenters. The van der Waals surface area contributed by atoms with E-state index in [-0.39, 0.29) is 17.5 Å². The molecule has 0 spiro atoms. The van der Waals surface area contributed by atoms with Crippen LogP contribution >= 0.6 is 0 Å². The molecular formula is C24H34O4. The molecule has 0 aromatic heterocycles. The molecule has 0 N–H and O–H groups in total. The maximum Gasteiger partial charge on any atom is 0.306 e. The fourth-order valence-corrected chi connectivity index (χ4v) is 4.95. The van der Waals surface area contributed by atoms with E-state index >= 15 is 0 Å². The molecule has 0 bridgehead atoms. The molecule has 1 aromatic carbocycles. The second-order valence-electron chi connectivity index (χ2n) is 9.64. The maximum absolute atomic E-state index is 12.4. The fourth-order valence-electron chi connectivity index (χ4n) is 4.95. The second-order valence-corrected chi connectivity index (χ2v) is 9.64. The number of carbonyl (C=O) groups excluding carboxylic acids is 1. The first-order valence-electron chi connectivity index (χ1n) is 10.3. The quantitative estimate of drug-likeness (QED) is 0.473. The Labute approximate surface area is 169 Å². The number of hydrogen-bond donors (Lipinski definition) is 0. The van der Waals surface area contributed by atoms with E-state index in [9.17, 15) is 4.79 Å². The number of hydrogen-bond acceptors (Lipinski definition) is 4. The van der Waals surface area contributed by atoms with Gasteiger partial charge in [-0.15, -0.1) is 6.58 Å². The van der Waals surface area contributed by atoms with E-state index in [2.05, 4.69) is 20.4 Å². The lowest BCUT2D eigenvalue weighted by Gasteiger charge is -2.53. The zero-order valence-electron chi connectivity index (χ0n) is 17.9. The number of rotatable bonds is 7. The Balaban J connectivity index is 1.59. The first-order chi connectivity index (χ1) is 13.0. The first-order valence-corrected chi connectivity index (χ1v) is 10.3. The molecule has 4 nitrogen and oxygen atoms in total. The molecule has 154 valence electrons. The van der Waals surface area contributed by atoms with Crippen LogP contribution in [-0.2, 0) is 25.6 Å². The molecule has 1 aliphatic heterocycles. The molecule has 1 aliphatic carbocycles. The van der Waals surface area contributed by atoms with Gasteiger partial charge in [0.25, 0.3) is 0 Å². The lowest BCUT2D eigenvalue weighted by molar-refractivity contribution is -0.160. The molecule has 4 atom stereocenters. The fraction of sp³-hybridized carbons (Fsp3) is 0.625. The number of carbonyl (C=O) groups is 1. The molecule has 28 heavy (non-hydrogen) atoms. The van der Waals surface area contributed by atoms with E-state index in [1.165, 1.54) is 0 Å². The normalized spacial score (nSPS) is 33.1. The second kappa shape index (κ2) is 7.64. The third-order valence-electron chi connectivity index (χ3n) is 6.44. The maximum atomic E-state index is 12.4. The molecule has 1 saturated carbocycles. The standard InChI is InChI=1S/C24H34O4/c1-7-24(6)20(27-23(4,5)28-24)14-19-18(15-22(19,2)3)13-21(25)26-16-17-11-9-8-10-12-17/h7-12,18-20H,1,13-16H2,2-6H3/t18-,19-,20+,24+/m0/s1. The summed E-state index contributed by atoms with van der Waals surface area (Å²) in [4.78, 5) is 12.4. The summed E-state index contributed by atoms with van der Waals surface area (Å²) in [6.07, 6.45) is 4.13. The lowest BCUT2D eigenvalue weighted by atomic mass is 9.53. The SMILES string of the molecule is C=C[C@@]1(C)OC(C)(C)O[C@@H]1C[C@H]1[C@@H](CC(=O)OCc2ccccc2)CC1(C)C. The molecule has 3 rings (SSSR count). The third-order valence-corrected chi connectivity index (χ3v) is 6.44. The van der Waals surface area contributed by atoms with E-state index in [0.29, 0.717) is 24.9 Å². The van der Waals surface area contributed by atoms with Gasteiger partial charge in [-0.1, -0.05) is 50.3 Å². The van der Waals surface area contributed by atoms with Crippen LogP contribution in [-0.4, -0.2) is 23.5 Å². The van der Waals surface area contributed by atoms with E-state index in [4.69, 9.17) is 14.2 Å². The van der Waals surface area contributed by atoms with Crippen molar-refractivity contribution >= 4 is 5.97 Å². The van der Waals surface area contributed by atoms with Crippen molar-refractivity contribution in [2.45, 2.75) is 78.0 Å². The number of ether oxygens (including phenoxy) is 3. The Morgan fingerprint density at radius 2 is 1.89 bits per heavy atom. The van der Waals surface area contributed by atoms with Crippen LogP contribution in [0.25, 0.3) is 0 Å². The topological polar surface area (TPSA) is 44.8 Å². The van der Waals surface area contributed by atoms with Gasteiger partial charge in [-0.05, 0) is 56.4 Å². The van der Waals surface area contributed by atoms with Crippen LogP contribution in [0.4, 0.5) is 0 Å². The average Bonchev–Trinajstić information content (AvgIpc) is 2.87. The Kier molecular flexibility index (Phi) is 5.75. The van der Waals surface area contributed by atoms with Gasteiger partial charge < -0.3 is 14.2 Å². The summed E-state index contributed by atoms with van der Waals surface area (Å²) in [6.45, 7) is 14.8. The van der Waals surface area contributed by atoms with Gasteiger partial charge in [0.15, 0.2) is 5.79 Å². The van der Waals surface area contributed by atoms with Crippen molar-refractivity contribution in [3.05, 3.63) is 48.6 Å². The van der Waals surface area contributed by atoms with Crippen LogP contribution in [0.1, 0.15) is 59.4 Å². The van der Waals surface area contributed by atoms with Gasteiger partial charge in [0.2, 0.25) is 0 Å². The number of esters is 1. The predicted octanol–water partition coefficient (Wildman–Crippen LogP) is 5.27. The Bertz CT molecular complexity index is 709. The summed E-state index contributed by atoms with van der Waals surface area (Å²) in [6, 6.07) is 9.81. The van der Waals surface area contributed by atoms with Crippen molar-refractivity contribution < 1.29 is 19.0 Å². The molecule has 2 aliphatic rings. The largest absolute Gasteiger partial charge is 0.461 e. The highest BCUT2D eigenvalue weighted by molar-refractivity contribution is 5.70. The van der Waals surface area contributed by atoms with Crippen molar-refractivity contribution in [1.29, 1.82) is 0 Å². The monoisotopic (exact) mass is 386 g/mol. The molecule has 1 heterocycles. The van der Waals surface area contributed by atoms with Crippen LogP contribution in [0.2, 0.25) is 0 Å². The Morgan fingerprint density at radius 3 is 2.50 bits per heavy atom. The van der Waals surface area contributed by atoms with Gasteiger partial charge in [-0.3, -0.25) is 4.79 Å². The molecular weight excluding hydrogens is 352 g/mol. The van der Waals surface area contributed by atoms with Gasteiger partial charge >= 0.3 is 5.97 Å². The van der Waals surface area contributed by atoms with Gasteiger partial charge in [-0.25, -0.2) is 0 Å². The molecule has 0 amide bonds. The van der Waals surface area contributed by atoms with Crippen molar-refractivity contribution in [2.24, 2.45) is 17.3 Å². The highest BCUT2D eigenvalue weighted by Gasteiger charge is 2.54. The lowest BCUT2D eigenvalue weighted by Crippen LogP contribution is -2.49. The molecule has 0 radical (unpaired) electrons. The van der Waals surface area contributed by atoms with Gasteiger partial charge in [-0.2, -0.15) is 0 Å². The zero-order chi connectivity index (χ0) is 20.6. The summed E-state index contributed by atoms with van der Waals surface area (Å²) < 4.78 is 17.8. The van der Waals surface area contributed by atoms with Gasteiger partial charge in [0.05, 0.1) is 6.10 Å². The summed E-state index contributed by atoms with van der Waals surface area (Å²) in [5.41, 5.74) is 0.692. The summed E-state index contributed by atoms with van der Waals surface area (Å²) >= 11 is 0. The molecule has 2 fully saturated rings. The van der Waals surface area contributed by atoms with Crippen molar-refractivity contribution in [3.63, 3.8) is 0 Å². The molecule has 1 saturated heterocycles. The van der Waals surface area contributed by atoms with E-state index in [1.54, 1.807) is 0 Å². The molecule has 4 heteroatoms. The Morgan fingerprint density at radius 1 is 1.21 bits per heavy atom. The smallest absolute Gasteiger partial charge is 0.306 e. The van der Waals surface area contributed by atoms with E-state index < -0.39 is 11.4 Å². The average molecular weight is 387 g/mol. The van der Waals surface area contributed by atoms with Crippen molar-refractivity contribution in [3.8, 4) is 0 Å². The van der Waals surface area contributed by atoms with Crippen LogP contribution in [0.15, 0.2) is 43.0 Å². The van der Waals surface area contributed by atoms with Gasteiger partial charge in [0.1, 0.15) is 12.2 Å². The summed E-state index contributed by atoms with van der Waals surface area (Å²) in [5.74, 6) is -0.0334. The zero-order valence-corrected chi connectivity index (χ0v) is 17.9. The summed E-state index contributed by atoms with van der Waals surface area (Å²) in [7, 11) is 0. The van der Waals surface area contributed by atoms with Crippen LogP contribution in [0.3, 0.4) is 0 Å². The highest BCUT2D eigenvalue weighted by atomic mass is 16.8. The highest BCUT2D eigenvalue weighted by Crippen LogP contribution is 2.56. The minimum atomic E-state index is -0.619. The van der Waals surface area contributed by atoms with E-state index in [1.807, 2.05) is 57.2 Å². The van der Waals surface area contributed by atoms with Crippen molar-refractivity contribution in [2.75, 3.05) is 0 Å². The van der Waals surface area contributed by atoms with Gasteiger partial charge in [0, 0.05) is 6.42 Å². The Hall–Kier alpha value is -1.65. The minimum Gasteiger partial charge on any atom is -0.461 e. The van der Waals surface area contributed by atoms with Crippen LogP contribution in [0, 0.1) is 17.3 Å². The van der Waals surface area contributed by atoms with E-state index in [0.717, 1.165) is 18.4 Å². The predicted molar refractivity (Wildman–Crippen MR) is 109 cm³/mol. The third kappa shape index (κ3) is 4.49. The van der Waals surface area contributed by atoms with Crippen LogP contribution < -0.4 is 0 Å². The molecule has 1 aromatic rings. The number of benzene rings is 1. The first kappa shape index (κ1) is 21.1. The van der Waals surface area contributed by atoms with Crippen LogP contribution in [0.5, 0.6) is 0 Å². The summed E-state index contributed by atoms with van der Waals surface area (Å²) in [5, 5.41) is 0.